The van der Waals surface area contributed by atoms with Crippen molar-refractivity contribution in [3.8, 4) is 0 Å². The first-order valence-corrected chi connectivity index (χ1v) is 6.49. The Labute approximate surface area is 111 Å². The van der Waals surface area contributed by atoms with Crippen LogP contribution in [0.1, 0.15) is 30.1 Å². The van der Waals surface area contributed by atoms with Crippen LogP contribution in [0, 0.1) is 0 Å². The minimum absolute atomic E-state index is 0.296. The van der Waals surface area contributed by atoms with Gasteiger partial charge in [0, 0.05) is 18.6 Å². The zero-order valence-electron chi connectivity index (χ0n) is 11.0. The molecule has 0 radical (unpaired) electrons. The van der Waals surface area contributed by atoms with Crippen LogP contribution in [-0.2, 0) is 9.47 Å². The lowest BCUT2D eigenvalue weighted by Crippen LogP contribution is -2.03. The number of hydrogen-bond acceptors (Lipinski definition) is 4. The topological polar surface area (TPSA) is 64.2 Å². The highest BCUT2D eigenvalue weighted by atomic mass is 16.5. The Kier molecular flexibility index (Phi) is 4.92. The number of esters is 1. The van der Waals surface area contributed by atoms with Crippen molar-refractivity contribution in [3.05, 3.63) is 30.0 Å². The van der Waals surface area contributed by atoms with E-state index in [2.05, 4.69) is 10.2 Å². The maximum Gasteiger partial charge on any atom is 0.338 e. The lowest BCUT2D eigenvalue weighted by Gasteiger charge is -2.00. The predicted molar refractivity (Wildman–Crippen MR) is 72.1 cm³/mol. The molecule has 1 aromatic carbocycles. The van der Waals surface area contributed by atoms with Crippen molar-refractivity contribution in [3.63, 3.8) is 0 Å². The van der Waals surface area contributed by atoms with E-state index in [1.165, 1.54) is 12.8 Å². The average Bonchev–Trinajstić information content (AvgIpc) is 3.12. The van der Waals surface area contributed by atoms with Gasteiger partial charge in [-0.15, -0.1) is 0 Å². The molecule has 0 aliphatic carbocycles. The zero-order valence-corrected chi connectivity index (χ0v) is 11.0. The fraction of sp³-hybridized carbons (Fsp3) is 0.429. The summed E-state index contributed by atoms with van der Waals surface area (Å²) in [5.74, 6) is -0.296. The number of carbonyl (C=O) groups excluding carboxylic acids is 1. The van der Waals surface area contributed by atoms with E-state index in [4.69, 9.17) is 9.47 Å². The summed E-state index contributed by atoms with van der Waals surface area (Å²) >= 11 is 0. The van der Waals surface area contributed by atoms with E-state index in [0.29, 0.717) is 12.2 Å². The molecule has 5 nitrogen and oxygen atoms in total. The van der Waals surface area contributed by atoms with Crippen LogP contribution in [0.15, 0.2) is 24.4 Å². The predicted octanol–water partition coefficient (Wildman–Crippen LogP) is 2.54. The molecule has 2 heterocycles. The summed E-state index contributed by atoms with van der Waals surface area (Å²) in [6.45, 7) is 4.18. The second-order valence-electron chi connectivity index (χ2n) is 4.21. The van der Waals surface area contributed by atoms with E-state index in [-0.39, 0.29) is 5.97 Å². The van der Waals surface area contributed by atoms with Crippen molar-refractivity contribution in [2.24, 2.45) is 0 Å². The number of aromatic amines is 1. The molecule has 0 saturated carbocycles. The van der Waals surface area contributed by atoms with E-state index >= 15 is 0 Å². The highest BCUT2D eigenvalue weighted by molar-refractivity contribution is 5.94. The fourth-order valence-electron chi connectivity index (χ4n) is 1.79. The first-order valence-electron chi connectivity index (χ1n) is 6.49. The molecular formula is C14H18N2O3. The lowest BCUT2D eigenvalue weighted by atomic mass is 10.2. The van der Waals surface area contributed by atoms with Crippen LogP contribution >= 0.6 is 0 Å². The Balaban J connectivity index is 0.000000224. The summed E-state index contributed by atoms with van der Waals surface area (Å²) in [7, 11) is 0. The lowest BCUT2D eigenvalue weighted by molar-refractivity contribution is 0.0526. The highest BCUT2D eigenvalue weighted by Crippen LogP contribution is 2.13. The van der Waals surface area contributed by atoms with Crippen molar-refractivity contribution >= 4 is 16.9 Å². The molecule has 1 aliphatic rings. The van der Waals surface area contributed by atoms with Gasteiger partial charge < -0.3 is 9.47 Å². The van der Waals surface area contributed by atoms with Crippen molar-refractivity contribution in [2.75, 3.05) is 19.8 Å². The molecular weight excluding hydrogens is 244 g/mol. The van der Waals surface area contributed by atoms with Crippen molar-refractivity contribution in [1.29, 1.82) is 0 Å². The van der Waals surface area contributed by atoms with Crippen LogP contribution in [0.5, 0.6) is 0 Å². The van der Waals surface area contributed by atoms with E-state index in [1.807, 2.05) is 6.07 Å². The molecule has 0 unspecified atom stereocenters. The van der Waals surface area contributed by atoms with Gasteiger partial charge in [-0.05, 0) is 38.0 Å². The summed E-state index contributed by atoms with van der Waals surface area (Å²) < 4.78 is 9.83. The number of rotatable bonds is 2. The number of carbonyl (C=O) groups is 1. The van der Waals surface area contributed by atoms with Crippen LogP contribution in [-0.4, -0.2) is 36.0 Å². The van der Waals surface area contributed by atoms with Gasteiger partial charge in [0.2, 0.25) is 0 Å². The zero-order chi connectivity index (χ0) is 13.5. The Morgan fingerprint density at radius 3 is 2.84 bits per heavy atom. The highest BCUT2D eigenvalue weighted by Gasteiger charge is 2.06. The Hall–Kier alpha value is -1.88. The van der Waals surface area contributed by atoms with Crippen LogP contribution in [0.4, 0.5) is 0 Å². The SMILES string of the molecule is C1CCOC1.CCOC(=O)c1ccc2[nH]ncc2c1. The second-order valence-corrected chi connectivity index (χ2v) is 4.21. The van der Waals surface area contributed by atoms with Gasteiger partial charge >= 0.3 is 5.97 Å². The number of hydrogen-bond donors (Lipinski definition) is 1. The minimum Gasteiger partial charge on any atom is -0.462 e. The molecule has 102 valence electrons. The van der Waals surface area contributed by atoms with Gasteiger partial charge in [0.15, 0.2) is 0 Å². The van der Waals surface area contributed by atoms with Gasteiger partial charge in [0.05, 0.1) is 23.9 Å². The van der Waals surface area contributed by atoms with Crippen molar-refractivity contribution in [1.82, 2.24) is 10.2 Å². The van der Waals surface area contributed by atoms with Crippen LogP contribution < -0.4 is 0 Å². The smallest absolute Gasteiger partial charge is 0.338 e. The van der Waals surface area contributed by atoms with Crippen LogP contribution in [0.25, 0.3) is 10.9 Å². The summed E-state index contributed by atoms with van der Waals surface area (Å²) in [6.07, 6.45) is 4.23. The van der Waals surface area contributed by atoms with Crippen molar-refractivity contribution in [2.45, 2.75) is 19.8 Å². The molecule has 1 N–H and O–H groups in total. The van der Waals surface area contributed by atoms with Crippen LogP contribution in [0.2, 0.25) is 0 Å². The summed E-state index contributed by atoms with van der Waals surface area (Å²) in [6, 6.07) is 5.30. The van der Waals surface area contributed by atoms with E-state index in [9.17, 15) is 4.79 Å². The Morgan fingerprint density at radius 1 is 1.42 bits per heavy atom. The van der Waals surface area contributed by atoms with Gasteiger partial charge in [-0.1, -0.05) is 0 Å². The molecule has 2 aromatic rings. The van der Waals surface area contributed by atoms with E-state index in [0.717, 1.165) is 24.1 Å². The van der Waals surface area contributed by atoms with E-state index < -0.39 is 0 Å². The Morgan fingerprint density at radius 2 is 2.21 bits per heavy atom. The van der Waals surface area contributed by atoms with Gasteiger partial charge in [0.25, 0.3) is 0 Å². The number of fused-ring (bicyclic) bond motifs is 1. The second kappa shape index (κ2) is 6.89. The third kappa shape index (κ3) is 3.79. The molecule has 0 atom stereocenters. The fourth-order valence-corrected chi connectivity index (χ4v) is 1.79. The van der Waals surface area contributed by atoms with E-state index in [1.54, 1.807) is 25.3 Å². The monoisotopic (exact) mass is 262 g/mol. The molecule has 1 saturated heterocycles. The summed E-state index contributed by atoms with van der Waals surface area (Å²) in [5, 5.41) is 7.60. The summed E-state index contributed by atoms with van der Waals surface area (Å²) in [4.78, 5) is 11.4. The van der Waals surface area contributed by atoms with Gasteiger partial charge in [-0.2, -0.15) is 5.10 Å². The summed E-state index contributed by atoms with van der Waals surface area (Å²) in [5.41, 5.74) is 1.47. The third-order valence-corrected chi connectivity index (χ3v) is 2.78. The average molecular weight is 262 g/mol. The molecule has 0 spiro atoms. The minimum atomic E-state index is -0.296. The number of benzene rings is 1. The van der Waals surface area contributed by atoms with Crippen LogP contribution in [0.3, 0.4) is 0 Å². The molecule has 1 aromatic heterocycles. The third-order valence-electron chi connectivity index (χ3n) is 2.78. The van der Waals surface area contributed by atoms with Gasteiger partial charge in [-0.25, -0.2) is 4.79 Å². The number of aromatic nitrogens is 2. The molecule has 3 rings (SSSR count). The molecule has 1 fully saturated rings. The number of ether oxygens (including phenoxy) is 2. The molecule has 19 heavy (non-hydrogen) atoms. The maximum atomic E-state index is 11.4. The van der Waals surface area contributed by atoms with Gasteiger partial charge in [-0.3, -0.25) is 5.10 Å². The van der Waals surface area contributed by atoms with Gasteiger partial charge in [0.1, 0.15) is 0 Å². The largest absolute Gasteiger partial charge is 0.462 e. The quantitative estimate of drug-likeness (QED) is 0.845. The maximum absolute atomic E-state index is 11.4. The number of nitrogens with one attached hydrogen (secondary N) is 1. The normalized spacial score (nSPS) is 13.9. The van der Waals surface area contributed by atoms with Crippen molar-refractivity contribution < 1.29 is 14.3 Å². The Bertz CT molecular complexity index is 525. The first kappa shape index (κ1) is 13.5. The molecule has 5 heteroatoms. The first-order chi connectivity index (χ1) is 9.31. The standard InChI is InChI=1S/C10H10N2O2.C4H8O/c1-2-14-10(13)7-3-4-9-8(5-7)6-11-12-9;1-2-4-5-3-1/h3-6H,2H2,1H3,(H,11,12);1-4H2. The molecule has 0 amide bonds. The molecule has 1 aliphatic heterocycles. The number of nitrogens with zero attached hydrogens (tertiary/aromatic N) is 1. The number of H-pyrrole nitrogens is 1. The molecule has 0 bridgehead atoms.